The lowest BCUT2D eigenvalue weighted by Gasteiger charge is -2.36. The molecular formula is C19H29NO2. The van der Waals surface area contributed by atoms with Crippen LogP contribution in [-0.2, 0) is 15.1 Å². The van der Waals surface area contributed by atoms with Gasteiger partial charge in [0.15, 0.2) is 5.60 Å². The summed E-state index contributed by atoms with van der Waals surface area (Å²) in [6.07, 6.45) is 5.02. The van der Waals surface area contributed by atoms with Crippen molar-refractivity contribution in [1.82, 2.24) is 4.90 Å². The minimum Gasteiger partial charge on any atom is -0.452 e. The van der Waals surface area contributed by atoms with Crippen LogP contribution in [0.1, 0.15) is 58.4 Å². The van der Waals surface area contributed by atoms with E-state index in [4.69, 9.17) is 4.74 Å². The van der Waals surface area contributed by atoms with Crippen LogP contribution in [0, 0.1) is 0 Å². The Labute approximate surface area is 134 Å². The van der Waals surface area contributed by atoms with Crippen LogP contribution < -0.4 is 0 Å². The van der Waals surface area contributed by atoms with Gasteiger partial charge in [-0.3, -0.25) is 9.69 Å². The summed E-state index contributed by atoms with van der Waals surface area (Å²) in [5, 5.41) is 0. The molecule has 1 aliphatic rings. The van der Waals surface area contributed by atoms with Crippen molar-refractivity contribution in [3.63, 3.8) is 0 Å². The summed E-state index contributed by atoms with van der Waals surface area (Å²) in [6, 6.07) is 10.5. The first-order valence-electron chi connectivity index (χ1n) is 8.65. The topological polar surface area (TPSA) is 29.5 Å². The Morgan fingerprint density at radius 2 is 2.00 bits per heavy atom. The zero-order chi connectivity index (χ0) is 16.0. The van der Waals surface area contributed by atoms with Gasteiger partial charge in [-0.2, -0.15) is 0 Å². The molecule has 1 heterocycles. The molecule has 0 spiro atoms. The first kappa shape index (κ1) is 17.0. The molecule has 1 saturated heterocycles. The molecule has 3 heteroatoms. The third kappa shape index (κ3) is 3.52. The van der Waals surface area contributed by atoms with Gasteiger partial charge in [-0.25, -0.2) is 0 Å². The molecule has 1 aromatic rings. The fourth-order valence-corrected chi connectivity index (χ4v) is 3.45. The van der Waals surface area contributed by atoms with Gasteiger partial charge in [0.05, 0.1) is 6.04 Å². The van der Waals surface area contributed by atoms with Gasteiger partial charge in [0.25, 0.3) is 0 Å². The summed E-state index contributed by atoms with van der Waals surface area (Å²) in [6.45, 7) is 8.38. The lowest BCUT2D eigenvalue weighted by molar-refractivity contribution is -0.163. The van der Waals surface area contributed by atoms with Crippen LogP contribution in [0.2, 0.25) is 0 Å². The van der Waals surface area contributed by atoms with E-state index in [0.29, 0.717) is 6.42 Å². The number of rotatable bonds is 7. The van der Waals surface area contributed by atoms with E-state index in [-0.39, 0.29) is 12.0 Å². The summed E-state index contributed by atoms with van der Waals surface area (Å²) >= 11 is 0. The first-order chi connectivity index (χ1) is 10.6. The average Bonchev–Trinajstić information content (AvgIpc) is 2.86. The molecule has 0 amide bonds. The van der Waals surface area contributed by atoms with E-state index in [0.717, 1.165) is 25.1 Å². The van der Waals surface area contributed by atoms with Gasteiger partial charge in [0.1, 0.15) is 0 Å². The van der Waals surface area contributed by atoms with Crippen LogP contribution in [0.5, 0.6) is 0 Å². The molecule has 0 bridgehead atoms. The van der Waals surface area contributed by atoms with Crippen LogP contribution in [0.15, 0.2) is 30.3 Å². The molecule has 122 valence electrons. The normalized spacial score (nSPS) is 25.3. The molecule has 0 radical (unpaired) electrons. The number of nitrogens with zero attached hydrogens (tertiary/aromatic N) is 1. The number of likely N-dealkylation sites (tertiary alicyclic amines) is 1. The van der Waals surface area contributed by atoms with Gasteiger partial charge in [-0.1, -0.05) is 57.0 Å². The summed E-state index contributed by atoms with van der Waals surface area (Å²) in [7, 11) is 0. The van der Waals surface area contributed by atoms with Crippen LogP contribution >= 0.6 is 0 Å². The number of esters is 1. The second kappa shape index (κ2) is 7.77. The third-order valence-corrected chi connectivity index (χ3v) is 4.89. The highest BCUT2D eigenvalue weighted by atomic mass is 16.6. The van der Waals surface area contributed by atoms with Crippen LogP contribution in [0.25, 0.3) is 0 Å². The van der Waals surface area contributed by atoms with E-state index in [1.807, 2.05) is 25.1 Å². The van der Waals surface area contributed by atoms with Gasteiger partial charge in [0.2, 0.25) is 0 Å². The highest BCUT2D eigenvalue weighted by Gasteiger charge is 2.48. The van der Waals surface area contributed by atoms with E-state index in [2.05, 4.69) is 30.9 Å². The molecule has 1 aromatic carbocycles. The van der Waals surface area contributed by atoms with Gasteiger partial charge < -0.3 is 4.74 Å². The number of benzene rings is 1. The largest absolute Gasteiger partial charge is 0.452 e. The maximum absolute atomic E-state index is 12.0. The van der Waals surface area contributed by atoms with Crippen molar-refractivity contribution in [2.45, 2.75) is 64.5 Å². The Hall–Kier alpha value is -1.35. The second-order valence-electron chi connectivity index (χ2n) is 6.25. The number of hydrogen-bond acceptors (Lipinski definition) is 3. The molecular weight excluding hydrogens is 274 g/mol. The Bertz CT molecular complexity index is 474. The number of carbonyl (C=O) groups is 1. The molecule has 2 atom stereocenters. The van der Waals surface area contributed by atoms with E-state index in [9.17, 15) is 4.79 Å². The minimum absolute atomic E-state index is 0.105. The lowest BCUT2D eigenvalue weighted by Crippen LogP contribution is -2.44. The third-order valence-electron chi connectivity index (χ3n) is 4.89. The van der Waals surface area contributed by atoms with Crippen molar-refractivity contribution < 1.29 is 9.53 Å². The predicted molar refractivity (Wildman–Crippen MR) is 89.7 cm³/mol. The predicted octanol–water partition coefficient (Wildman–Crippen LogP) is 4.12. The average molecular weight is 303 g/mol. The molecule has 0 aromatic heterocycles. The minimum atomic E-state index is -0.486. The molecule has 0 N–H and O–H groups in total. The lowest BCUT2D eigenvalue weighted by atomic mass is 9.86. The molecule has 1 fully saturated rings. The SMILES string of the molecule is CCCCCN1CCC(OC(=O)CC)(c2ccccc2)C1C. The van der Waals surface area contributed by atoms with Crippen LogP contribution in [0.3, 0.4) is 0 Å². The highest BCUT2D eigenvalue weighted by molar-refractivity contribution is 5.70. The Morgan fingerprint density at radius 3 is 2.64 bits per heavy atom. The molecule has 22 heavy (non-hydrogen) atoms. The fraction of sp³-hybridized carbons (Fsp3) is 0.632. The summed E-state index contributed by atoms with van der Waals surface area (Å²) in [4.78, 5) is 14.5. The maximum Gasteiger partial charge on any atom is 0.306 e. The van der Waals surface area contributed by atoms with E-state index < -0.39 is 5.60 Å². The smallest absolute Gasteiger partial charge is 0.306 e. The number of unbranched alkanes of at least 4 members (excludes halogenated alkanes) is 2. The number of carbonyl (C=O) groups excluding carboxylic acids is 1. The second-order valence-corrected chi connectivity index (χ2v) is 6.25. The van der Waals surface area contributed by atoms with Crippen molar-refractivity contribution in [1.29, 1.82) is 0 Å². The molecule has 0 aliphatic carbocycles. The summed E-state index contributed by atoms with van der Waals surface area (Å²) < 4.78 is 6.00. The Kier molecular flexibility index (Phi) is 6.01. The van der Waals surface area contributed by atoms with Crippen molar-refractivity contribution in [3.05, 3.63) is 35.9 Å². The first-order valence-corrected chi connectivity index (χ1v) is 8.65. The van der Waals surface area contributed by atoms with Gasteiger partial charge in [0, 0.05) is 19.4 Å². The van der Waals surface area contributed by atoms with Gasteiger partial charge in [-0.05, 0) is 25.5 Å². The highest BCUT2D eigenvalue weighted by Crippen LogP contribution is 2.41. The van der Waals surface area contributed by atoms with Gasteiger partial charge in [-0.15, -0.1) is 0 Å². The number of ether oxygens (including phenoxy) is 1. The zero-order valence-electron chi connectivity index (χ0n) is 14.2. The van der Waals surface area contributed by atoms with Crippen molar-refractivity contribution in [2.24, 2.45) is 0 Å². The summed E-state index contributed by atoms with van der Waals surface area (Å²) in [5.74, 6) is -0.105. The van der Waals surface area contributed by atoms with E-state index >= 15 is 0 Å². The quantitative estimate of drug-likeness (QED) is 0.560. The zero-order valence-corrected chi connectivity index (χ0v) is 14.2. The number of hydrogen-bond donors (Lipinski definition) is 0. The van der Waals surface area contributed by atoms with Crippen molar-refractivity contribution in [3.8, 4) is 0 Å². The summed E-state index contributed by atoms with van der Waals surface area (Å²) in [5.41, 5.74) is 0.642. The molecule has 0 saturated carbocycles. The van der Waals surface area contributed by atoms with E-state index in [1.165, 1.54) is 19.3 Å². The molecule has 2 rings (SSSR count). The molecule has 1 aliphatic heterocycles. The monoisotopic (exact) mass is 303 g/mol. The van der Waals surface area contributed by atoms with Gasteiger partial charge >= 0.3 is 5.97 Å². The van der Waals surface area contributed by atoms with E-state index in [1.54, 1.807) is 0 Å². The molecule has 3 nitrogen and oxygen atoms in total. The molecule has 2 unspecified atom stereocenters. The fourth-order valence-electron chi connectivity index (χ4n) is 3.45. The van der Waals surface area contributed by atoms with Crippen LogP contribution in [-0.4, -0.2) is 30.0 Å². The Balaban J connectivity index is 2.21. The maximum atomic E-state index is 12.0. The Morgan fingerprint density at radius 1 is 1.27 bits per heavy atom. The van der Waals surface area contributed by atoms with Crippen molar-refractivity contribution in [2.75, 3.05) is 13.1 Å². The van der Waals surface area contributed by atoms with Crippen molar-refractivity contribution >= 4 is 5.97 Å². The standard InChI is InChI=1S/C19H29NO2/c1-4-6-10-14-20-15-13-19(16(20)3,22-18(21)5-2)17-11-8-7-9-12-17/h7-9,11-12,16H,4-6,10,13-15H2,1-3H3. The van der Waals surface area contributed by atoms with Crippen LogP contribution in [0.4, 0.5) is 0 Å².